The van der Waals surface area contributed by atoms with Crippen LogP contribution in [-0.4, -0.2) is 46.3 Å². The highest BCUT2D eigenvalue weighted by molar-refractivity contribution is 5.85. The summed E-state index contributed by atoms with van der Waals surface area (Å²) in [6.45, 7) is 8.84. The second-order valence-electron chi connectivity index (χ2n) is 4.78. The molecule has 1 fully saturated rings. The number of halogens is 2. The first-order valence-electron chi connectivity index (χ1n) is 6.08. The van der Waals surface area contributed by atoms with E-state index in [-0.39, 0.29) is 30.7 Å². The van der Waals surface area contributed by atoms with Gasteiger partial charge in [-0.2, -0.15) is 5.10 Å². The molecule has 0 radical (unpaired) electrons. The van der Waals surface area contributed by atoms with Gasteiger partial charge in [0, 0.05) is 31.4 Å². The summed E-state index contributed by atoms with van der Waals surface area (Å²) in [5, 5.41) is 7.65. The summed E-state index contributed by atoms with van der Waals surface area (Å²) in [6, 6.07) is 2.38. The molecule has 0 saturated carbocycles. The zero-order valence-electron chi connectivity index (χ0n) is 11.5. The standard InChI is InChI=1S/C12H20N4O.2ClH/c1-9-6-11(3)16(14-9)8-12(17)15-5-4-13-10(2)7-15;;/h6,10,13H,4-5,7-8H2,1-3H3;2*1H/t10-;;/m1../s1. The lowest BCUT2D eigenvalue weighted by Gasteiger charge is -2.32. The van der Waals surface area contributed by atoms with Crippen LogP contribution in [0.25, 0.3) is 0 Å². The Bertz CT molecular complexity index is 422. The molecule has 1 aromatic heterocycles. The average Bonchev–Trinajstić information content (AvgIpc) is 2.57. The number of nitrogens with one attached hydrogen (secondary N) is 1. The predicted molar refractivity (Wildman–Crippen MR) is 80.2 cm³/mol. The molecule has 7 heteroatoms. The van der Waals surface area contributed by atoms with Gasteiger partial charge in [0.1, 0.15) is 6.54 Å². The Morgan fingerprint density at radius 3 is 2.68 bits per heavy atom. The molecule has 1 aliphatic heterocycles. The summed E-state index contributed by atoms with van der Waals surface area (Å²) in [4.78, 5) is 14.0. The number of nitrogens with zero attached hydrogens (tertiary/aromatic N) is 3. The van der Waals surface area contributed by atoms with E-state index < -0.39 is 0 Å². The third-order valence-electron chi connectivity index (χ3n) is 3.11. The summed E-state index contributed by atoms with van der Waals surface area (Å²) in [7, 11) is 0. The molecule has 0 unspecified atom stereocenters. The van der Waals surface area contributed by atoms with Crippen LogP contribution in [0.3, 0.4) is 0 Å². The fourth-order valence-corrected chi connectivity index (χ4v) is 2.22. The highest BCUT2D eigenvalue weighted by atomic mass is 35.5. The maximum atomic E-state index is 12.1. The van der Waals surface area contributed by atoms with Crippen molar-refractivity contribution in [3.05, 3.63) is 17.5 Å². The van der Waals surface area contributed by atoms with Crippen LogP contribution in [0, 0.1) is 13.8 Å². The maximum Gasteiger partial charge on any atom is 0.244 e. The van der Waals surface area contributed by atoms with E-state index in [1.165, 1.54) is 0 Å². The van der Waals surface area contributed by atoms with Gasteiger partial charge in [-0.15, -0.1) is 24.8 Å². The molecule has 0 aliphatic carbocycles. The molecule has 0 bridgehead atoms. The van der Waals surface area contributed by atoms with E-state index in [1.54, 1.807) is 4.68 Å². The van der Waals surface area contributed by atoms with Crippen LogP contribution >= 0.6 is 24.8 Å². The van der Waals surface area contributed by atoms with E-state index in [1.807, 2.05) is 24.8 Å². The first-order chi connectivity index (χ1) is 8.06. The van der Waals surface area contributed by atoms with Crippen LogP contribution in [0.2, 0.25) is 0 Å². The number of hydrogen-bond acceptors (Lipinski definition) is 3. The Morgan fingerprint density at radius 2 is 2.16 bits per heavy atom. The fraction of sp³-hybridized carbons (Fsp3) is 0.667. The molecule has 1 aliphatic rings. The van der Waals surface area contributed by atoms with Crippen molar-refractivity contribution in [2.45, 2.75) is 33.4 Å². The van der Waals surface area contributed by atoms with Gasteiger partial charge in [-0.05, 0) is 26.8 Å². The van der Waals surface area contributed by atoms with E-state index in [0.717, 1.165) is 31.0 Å². The Kier molecular flexibility index (Phi) is 7.41. The van der Waals surface area contributed by atoms with Crippen LogP contribution in [-0.2, 0) is 11.3 Å². The van der Waals surface area contributed by atoms with Crippen LogP contribution < -0.4 is 5.32 Å². The highest BCUT2D eigenvalue weighted by Crippen LogP contribution is 2.05. The van der Waals surface area contributed by atoms with Gasteiger partial charge in [-0.3, -0.25) is 9.48 Å². The Morgan fingerprint density at radius 1 is 1.47 bits per heavy atom. The van der Waals surface area contributed by atoms with E-state index in [2.05, 4.69) is 17.3 Å². The van der Waals surface area contributed by atoms with Crippen molar-refractivity contribution in [3.63, 3.8) is 0 Å². The van der Waals surface area contributed by atoms with Gasteiger partial charge in [0.15, 0.2) is 0 Å². The van der Waals surface area contributed by atoms with Gasteiger partial charge in [-0.25, -0.2) is 0 Å². The number of aromatic nitrogens is 2. The molecule has 1 N–H and O–H groups in total. The second kappa shape index (κ2) is 7.72. The Balaban J connectivity index is 0.00000162. The topological polar surface area (TPSA) is 50.2 Å². The number of rotatable bonds is 2. The second-order valence-corrected chi connectivity index (χ2v) is 4.78. The fourth-order valence-electron chi connectivity index (χ4n) is 2.22. The number of hydrogen-bond donors (Lipinski definition) is 1. The van der Waals surface area contributed by atoms with Gasteiger partial charge in [0.05, 0.1) is 5.69 Å². The lowest BCUT2D eigenvalue weighted by atomic mass is 10.2. The van der Waals surface area contributed by atoms with Crippen molar-refractivity contribution in [2.75, 3.05) is 19.6 Å². The molecule has 2 rings (SSSR count). The molecular weight excluding hydrogens is 287 g/mol. The summed E-state index contributed by atoms with van der Waals surface area (Å²) in [5.41, 5.74) is 2.00. The van der Waals surface area contributed by atoms with Gasteiger partial charge in [0.2, 0.25) is 5.91 Å². The molecule has 1 atom stereocenters. The smallest absolute Gasteiger partial charge is 0.244 e. The van der Waals surface area contributed by atoms with Crippen molar-refractivity contribution in [1.29, 1.82) is 0 Å². The predicted octanol–water partition coefficient (Wildman–Crippen LogP) is 1.16. The quantitative estimate of drug-likeness (QED) is 0.892. The minimum Gasteiger partial charge on any atom is -0.338 e. The highest BCUT2D eigenvalue weighted by Gasteiger charge is 2.21. The zero-order chi connectivity index (χ0) is 12.4. The summed E-state index contributed by atoms with van der Waals surface area (Å²) < 4.78 is 1.78. The molecule has 2 heterocycles. The number of carbonyl (C=O) groups is 1. The number of carbonyl (C=O) groups excluding carboxylic acids is 1. The van der Waals surface area contributed by atoms with Crippen molar-refractivity contribution < 1.29 is 4.79 Å². The summed E-state index contributed by atoms with van der Waals surface area (Å²) in [5.74, 6) is 0.157. The van der Waals surface area contributed by atoms with Crippen LogP contribution in [0.1, 0.15) is 18.3 Å². The third-order valence-corrected chi connectivity index (χ3v) is 3.11. The lowest BCUT2D eigenvalue weighted by molar-refractivity contribution is -0.133. The SMILES string of the molecule is Cc1cc(C)n(CC(=O)N2CCN[C@H](C)C2)n1.Cl.Cl. The van der Waals surface area contributed by atoms with Gasteiger partial charge < -0.3 is 10.2 Å². The Labute approximate surface area is 126 Å². The zero-order valence-corrected chi connectivity index (χ0v) is 13.2. The molecule has 1 amide bonds. The Hall–Kier alpha value is -0.780. The molecule has 1 saturated heterocycles. The normalized spacial score (nSPS) is 18.5. The number of amides is 1. The van der Waals surface area contributed by atoms with E-state index in [9.17, 15) is 4.79 Å². The molecule has 5 nitrogen and oxygen atoms in total. The summed E-state index contributed by atoms with van der Waals surface area (Å²) in [6.07, 6.45) is 0. The van der Waals surface area contributed by atoms with Crippen LogP contribution in [0.5, 0.6) is 0 Å². The van der Waals surface area contributed by atoms with Crippen molar-refractivity contribution in [3.8, 4) is 0 Å². The van der Waals surface area contributed by atoms with Crippen molar-refractivity contribution >= 4 is 30.7 Å². The van der Waals surface area contributed by atoms with E-state index in [4.69, 9.17) is 0 Å². The molecule has 0 aromatic carbocycles. The number of piperazine rings is 1. The first-order valence-corrected chi connectivity index (χ1v) is 6.08. The average molecular weight is 309 g/mol. The lowest BCUT2D eigenvalue weighted by Crippen LogP contribution is -2.52. The van der Waals surface area contributed by atoms with Crippen LogP contribution in [0.4, 0.5) is 0 Å². The molecule has 110 valence electrons. The first kappa shape index (κ1) is 18.2. The van der Waals surface area contributed by atoms with Gasteiger partial charge >= 0.3 is 0 Å². The summed E-state index contributed by atoms with van der Waals surface area (Å²) >= 11 is 0. The van der Waals surface area contributed by atoms with E-state index in [0.29, 0.717) is 12.6 Å². The van der Waals surface area contributed by atoms with Crippen molar-refractivity contribution in [1.82, 2.24) is 20.0 Å². The van der Waals surface area contributed by atoms with E-state index >= 15 is 0 Å². The third kappa shape index (κ3) is 4.67. The van der Waals surface area contributed by atoms with Crippen molar-refractivity contribution in [2.24, 2.45) is 0 Å². The van der Waals surface area contributed by atoms with Crippen LogP contribution in [0.15, 0.2) is 6.07 Å². The number of aryl methyl sites for hydroxylation is 2. The molecule has 1 aromatic rings. The molecule has 0 spiro atoms. The minimum atomic E-state index is 0. The van der Waals surface area contributed by atoms with Gasteiger partial charge in [-0.1, -0.05) is 0 Å². The molecular formula is C12H22Cl2N4O. The maximum absolute atomic E-state index is 12.1. The minimum absolute atomic E-state index is 0. The molecule has 19 heavy (non-hydrogen) atoms. The monoisotopic (exact) mass is 308 g/mol. The largest absolute Gasteiger partial charge is 0.338 e. The van der Waals surface area contributed by atoms with Gasteiger partial charge in [0.25, 0.3) is 0 Å².